The van der Waals surface area contributed by atoms with Crippen LogP contribution in [0.25, 0.3) is 6.08 Å². The van der Waals surface area contributed by atoms with Gasteiger partial charge in [-0.05, 0) is 35.8 Å². The minimum Gasteiger partial charge on any atom is -0.508 e. The number of carbonyl (C=O) groups is 1. The molecule has 4 heteroatoms. The van der Waals surface area contributed by atoms with E-state index in [-0.39, 0.29) is 11.3 Å². The molecule has 2 N–H and O–H groups in total. The Kier molecular flexibility index (Phi) is 5.33. The van der Waals surface area contributed by atoms with Gasteiger partial charge in [-0.25, -0.2) is 0 Å². The quantitative estimate of drug-likeness (QED) is 0.657. The number of nitrogens with zero attached hydrogens (tertiary/aromatic N) is 1. The van der Waals surface area contributed by atoms with Crippen LogP contribution in [0.4, 0.5) is 0 Å². The van der Waals surface area contributed by atoms with Crippen molar-refractivity contribution < 1.29 is 9.90 Å². The van der Waals surface area contributed by atoms with E-state index >= 15 is 0 Å². The molecule has 4 nitrogen and oxygen atoms in total. The molecule has 0 atom stereocenters. The summed E-state index contributed by atoms with van der Waals surface area (Å²) in [4.78, 5) is 12.0. The highest BCUT2D eigenvalue weighted by Crippen LogP contribution is 2.14. The summed E-state index contributed by atoms with van der Waals surface area (Å²) in [6, 6.07) is 18.1. The number of aromatic hydroxyl groups is 1. The lowest BCUT2D eigenvalue weighted by molar-refractivity contribution is -0.117. The molecule has 0 fully saturated rings. The highest BCUT2D eigenvalue weighted by Gasteiger charge is 2.08. The first-order valence-electron chi connectivity index (χ1n) is 6.92. The third kappa shape index (κ3) is 4.50. The first-order valence-corrected chi connectivity index (χ1v) is 6.92. The molecule has 0 aliphatic rings. The van der Waals surface area contributed by atoms with Crippen molar-refractivity contribution >= 4 is 12.0 Å². The number of amides is 1. The standard InChI is InChI=1S/C18H16N2O2/c19-13-16(11-15-7-4-8-17(21)12-15)18(22)20-10-9-14-5-2-1-3-6-14/h1-8,11-12,21H,9-10H2,(H,20,22)/b16-11+. The average molecular weight is 292 g/mol. The summed E-state index contributed by atoms with van der Waals surface area (Å²) in [6.07, 6.45) is 2.16. The Balaban J connectivity index is 1.96. The van der Waals surface area contributed by atoms with E-state index in [4.69, 9.17) is 5.26 Å². The first-order chi connectivity index (χ1) is 10.7. The van der Waals surface area contributed by atoms with Crippen molar-refractivity contribution in [1.82, 2.24) is 5.32 Å². The van der Waals surface area contributed by atoms with Gasteiger partial charge in [0.1, 0.15) is 17.4 Å². The van der Waals surface area contributed by atoms with E-state index in [1.54, 1.807) is 12.1 Å². The summed E-state index contributed by atoms with van der Waals surface area (Å²) in [5, 5.41) is 21.2. The van der Waals surface area contributed by atoms with Crippen LogP contribution in [-0.2, 0) is 11.2 Å². The predicted octanol–water partition coefficient (Wildman–Crippen LogP) is 2.66. The highest BCUT2D eigenvalue weighted by molar-refractivity contribution is 6.01. The first kappa shape index (κ1) is 15.3. The van der Waals surface area contributed by atoms with Gasteiger partial charge in [0.15, 0.2) is 0 Å². The molecule has 22 heavy (non-hydrogen) atoms. The largest absolute Gasteiger partial charge is 0.508 e. The molecule has 1 amide bonds. The van der Waals surface area contributed by atoms with Crippen molar-refractivity contribution in [2.75, 3.05) is 6.54 Å². The van der Waals surface area contributed by atoms with E-state index in [1.807, 2.05) is 36.4 Å². The number of benzene rings is 2. The molecular weight excluding hydrogens is 276 g/mol. The second-order valence-electron chi connectivity index (χ2n) is 4.76. The molecule has 0 heterocycles. The molecule has 0 saturated heterocycles. The van der Waals surface area contributed by atoms with Crippen molar-refractivity contribution in [1.29, 1.82) is 5.26 Å². The topological polar surface area (TPSA) is 73.1 Å². The highest BCUT2D eigenvalue weighted by atomic mass is 16.3. The number of nitriles is 1. The van der Waals surface area contributed by atoms with Gasteiger partial charge in [0.25, 0.3) is 5.91 Å². The smallest absolute Gasteiger partial charge is 0.261 e. The Bertz CT molecular complexity index is 715. The molecule has 0 saturated carbocycles. The lowest BCUT2D eigenvalue weighted by atomic mass is 10.1. The molecule has 0 aliphatic heterocycles. The van der Waals surface area contributed by atoms with Crippen molar-refractivity contribution in [2.45, 2.75) is 6.42 Å². The normalized spacial score (nSPS) is 10.8. The fourth-order valence-corrected chi connectivity index (χ4v) is 1.99. The molecule has 2 aromatic rings. The number of carbonyl (C=O) groups excluding carboxylic acids is 1. The monoisotopic (exact) mass is 292 g/mol. The molecule has 2 rings (SSSR count). The number of phenolic OH excluding ortho intramolecular Hbond substituents is 1. The molecule has 0 aliphatic carbocycles. The molecule has 0 aromatic heterocycles. The fourth-order valence-electron chi connectivity index (χ4n) is 1.99. The van der Waals surface area contributed by atoms with Gasteiger partial charge in [-0.2, -0.15) is 5.26 Å². The number of phenols is 1. The van der Waals surface area contributed by atoms with Crippen LogP contribution in [0, 0.1) is 11.3 Å². The summed E-state index contributed by atoms with van der Waals surface area (Å²) in [5.41, 5.74) is 1.74. The number of hydrogen-bond acceptors (Lipinski definition) is 3. The van der Waals surface area contributed by atoms with E-state index in [2.05, 4.69) is 5.32 Å². The van der Waals surface area contributed by atoms with Crippen LogP contribution in [0.3, 0.4) is 0 Å². The predicted molar refractivity (Wildman–Crippen MR) is 84.9 cm³/mol. The van der Waals surface area contributed by atoms with Crippen LogP contribution in [0.2, 0.25) is 0 Å². The van der Waals surface area contributed by atoms with Crippen LogP contribution in [0.5, 0.6) is 5.75 Å². The zero-order valence-electron chi connectivity index (χ0n) is 12.0. The molecule has 2 aromatic carbocycles. The second kappa shape index (κ2) is 7.65. The van der Waals surface area contributed by atoms with Gasteiger partial charge >= 0.3 is 0 Å². The molecule has 0 radical (unpaired) electrons. The SMILES string of the molecule is N#C/C(=C\c1cccc(O)c1)C(=O)NCCc1ccccc1. The Hall–Kier alpha value is -3.06. The van der Waals surface area contributed by atoms with Crippen molar-refractivity contribution in [2.24, 2.45) is 0 Å². The van der Waals surface area contributed by atoms with Gasteiger partial charge in [-0.1, -0.05) is 42.5 Å². The van der Waals surface area contributed by atoms with Crippen LogP contribution in [0.15, 0.2) is 60.2 Å². The average Bonchev–Trinajstić information content (AvgIpc) is 2.53. The van der Waals surface area contributed by atoms with Crippen LogP contribution < -0.4 is 5.32 Å². The van der Waals surface area contributed by atoms with Gasteiger partial charge < -0.3 is 10.4 Å². The molecule has 0 spiro atoms. The summed E-state index contributed by atoms with van der Waals surface area (Å²) in [5.74, 6) is -0.322. The molecule has 0 unspecified atom stereocenters. The summed E-state index contributed by atoms with van der Waals surface area (Å²) >= 11 is 0. The lowest BCUT2D eigenvalue weighted by Crippen LogP contribution is -2.26. The van der Waals surface area contributed by atoms with Crippen molar-refractivity contribution in [3.63, 3.8) is 0 Å². The fraction of sp³-hybridized carbons (Fsp3) is 0.111. The minimum absolute atomic E-state index is 0.0126. The van der Waals surface area contributed by atoms with E-state index < -0.39 is 5.91 Å². The van der Waals surface area contributed by atoms with Crippen LogP contribution >= 0.6 is 0 Å². The lowest BCUT2D eigenvalue weighted by Gasteiger charge is -2.04. The van der Waals surface area contributed by atoms with Gasteiger partial charge in [0.2, 0.25) is 0 Å². The molecule has 0 bridgehead atoms. The maximum Gasteiger partial charge on any atom is 0.261 e. The van der Waals surface area contributed by atoms with Gasteiger partial charge in [0, 0.05) is 6.54 Å². The molecular formula is C18H16N2O2. The zero-order chi connectivity index (χ0) is 15.8. The summed E-state index contributed by atoms with van der Waals surface area (Å²) in [6.45, 7) is 0.460. The zero-order valence-corrected chi connectivity index (χ0v) is 12.0. The molecule has 110 valence electrons. The maximum atomic E-state index is 12.0. The maximum absolute atomic E-state index is 12.0. The van der Waals surface area contributed by atoms with Crippen molar-refractivity contribution in [3.8, 4) is 11.8 Å². The van der Waals surface area contributed by atoms with Crippen LogP contribution in [0.1, 0.15) is 11.1 Å². The van der Waals surface area contributed by atoms with E-state index in [0.717, 1.165) is 5.56 Å². The Morgan fingerprint density at radius 2 is 1.95 bits per heavy atom. The van der Waals surface area contributed by atoms with E-state index in [1.165, 1.54) is 18.2 Å². The van der Waals surface area contributed by atoms with E-state index in [9.17, 15) is 9.90 Å². The second-order valence-corrected chi connectivity index (χ2v) is 4.76. The minimum atomic E-state index is -0.415. The van der Waals surface area contributed by atoms with Gasteiger partial charge in [-0.15, -0.1) is 0 Å². The third-order valence-corrected chi connectivity index (χ3v) is 3.09. The third-order valence-electron chi connectivity index (χ3n) is 3.09. The number of hydrogen-bond donors (Lipinski definition) is 2. The summed E-state index contributed by atoms with van der Waals surface area (Å²) < 4.78 is 0. The summed E-state index contributed by atoms with van der Waals surface area (Å²) in [7, 11) is 0. The Labute approximate surface area is 129 Å². The number of rotatable bonds is 5. The van der Waals surface area contributed by atoms with Gasteiger partial charge in [-0.3, -0.25) is 4.79 Å². The van der Waals surface area contributed by atoms with Crippen molar-refractivity contribution in [3.05, 3.63) is 71.3 Å². The van der Waals surface area contributed by atoms with E-state index in [0.29, 0.717) is 18.5 Å². The Morgan fingerprint density at radius 1 is 1.18 bits per heavy atom. The Morgan fingerprint density at radius 3 is 2.64 bits per heavy atom. The number of nitrogens with one attached hydrogen (secondary N) is 1. The van der Waals surface area contributed by atoms with Gasteiger partial charge in [0.05, 0.1) is 0 Å². The van der Waals surface area contributed by atoms with Crippen LogP contribution in [-0.4, -0.2) is 17.6 Å².